The largest absolute Gasteiger partial charge is 0.493 e. The van der Waals surface area contributed by atoms with Crippen LogP contribution in [0.1, 0.15) is 75.0 Å². The van der Waals surface area contributed by atoms with Gasteiger partial charge in [-0.1, -0.05) is 0 Å². The average Bonchev–Trinajstić information content (AvgIpc) is 3.15. The number of likely N-dealkylation sites (tertiary alicyclic amines) is 1. The highest BCUT2D eigenvalue weighted by molar-refractivity contribution is 6.22. The average molecular weight is 508 g/mol. The third-order valence-corrected chi connectivity index (χ3v) is 6.90. The van der Waals surface area contributed by atoms with E-state index in [4.69, 9.17) is 9.47 Å². The molecule has 1 saturated heterocycles. The van der Waals surface area contributed by atoms with Crippen LogP contribution in [0.3, 0.4) is 0 Å². The van der Waals surface area contributed by atoms with Crippen molar-refractivity contribution in [3.63, 3.8) is 0 Å². The third kappa shape index (κ3) is 5.16. The van der Waals surface area contributed by atoms with E-state index in [-0.39, 0.29) is 35.1 Å². The van der Waals surface area contributed by atoms with E-state index < -0.39 is 5.54 Å². The fourth-order valence-electron chi connectivity index (χ4n) is 4.82. The molecule has 0 radical (unpaired) electrons. The Labute approximate surface area is 216 Å². The van der Waals surface area contributed by atoms with Gasteiger partial charge in [-0.3, -0.25) is 24.1 Å². The number of rotatable bonds is 6. The van der Waals surface area contributed by atoms with E-state index in [1.165, 1.54) is 18.1 Å². The molecule has 0 aromatic heterocycles. The first-order chi connectivity index (χ1) is 17.5. The molecular weight excluding hydrogens is 474 g/mol. The summed E-state index contributed by atoms with van der Waals surface area (Å²) in [5, 5.41) is 2.95. The maximum atomic E-state index is 13.0. The molecule has 2 heterocycles. The van der Waals surface area contributed by atoms with E-state index >= 15 is 0 Å². The number of fused-ring (bicyclic) bond motifs is 1. The van der Waals surface area contributed by atoms with E-state index in [2.05, 4.69) is 5.32 Å². The molecule has 0 spiro atoms. The van der Waals surface area contributed by atoms with E-state index in [1.54, 1.807) is 58.2 Å². The highest BCUT2D eigenvalue weighted by atomic mass is 16.5. The lowest BCUT2D eigenvalue weighted by molar-refractivity contribution is 0.0507. The van der Waals surface area contributed by atoms with Crippen LogP contribution in [-0.4, -0.2) is 72.8 Å². The summed E-state index contributed by atoms with van der Waals surface area (Å²) in [4.78, 5) is 54.3. The van der Waals surface area contributed by atoms with Crippen LogP contribution >= 0.6 is 0 Å². The van der Waals surface area contributed by atoms with E-state index in [0.717, 1.165) is 12.8 Å². The fraction of sp³-hybridized carbons (Fsp3) is 0.429. The molecule has 4 amide bonds. The quantitative estimate of drug-likeness (QED) is 0.601. The SMILES string of the molecule is COc1ccc(C(=O)N2CCC(CNC(=O)c3ccc4c(c3)C(=O)N(C(C)(C)C)C4=O)CC2)cc1OC. The lowest BCUT2D eigenvalue weighted by Crippen LogP contribution is -2.45. The van der Waals surface area contributed by atoms with Gasteiger partial charge in [0.05, 0.1) is 25.3 Å². The molecule has 37 heavy (non-hydrogen) atoms. The lowest BCUT2D eigenvalue weighted by Gasteiger charge is -2.32. The number of benzene rings is 2. The van der Waals surface area contributed by atoms with Crippen LogP contribution in [0.2, 0.25) is 0 Å². The summed E-state index contributed by atoms with van der Waals surface area (Å²) in [6.07, 6.45) is 1.52. The monoisotopic (exact) mass is 507 g/mol. The van der Waals surface area contributed by atoms with Crippen molar-refractivity contribution in [2.75, 3.05) is 33.9 Å². The van der Waals surface area contributed by atoms with Crippen LogP contribution < -0.4 is 14.8 Å². The summed E-state index contributed by atoms with van der Waals surface area (Å²) in [7, 11) is 3.08. The number of piperidine rings is 1. The number of hydrogen-bond donors (Lipinski definition) is 1. The van der Waals surface area contributed by atoms with E-state index in [1.807, 2.05) is 4.90 Å². The van der Waals surface area contributed by atoms with Crippen molar-refractivity contribution in [3.8, 4) is 11.5 Å². The summed E-state index contributed by atoms with van der Waals surface area (Å²) >= 11 is 0. The molecule has 1 N–H and O–H groups in total. The highest BCUT2D eigenvalue weighted by Gasteiger charge is 2.42. The molecule has 2 aliphatic heterocycles. The van der Waals surface area contributed by atoms with Crippen molar-refractivity contribution < 1.29 is 28.7 Å². The minimum atomic E-state index is -0.648. The number of hydrogen-bond acceptors (Lipinski definition) is 6. The van der Waals surface area contributed by atoms with Gasteiger partial charge in [0, 0.05) is 36.3 Å². The Kier molecular flexibility index (Phi) is 7.25. The number of imide groups is 1. The van der Waals surface area contributed by atoms with Gasteiger partial charge in [-0.25, -0.2) is 0 Å². The second kappa shape index (κ2) is 10.2. The van der Waals surface area contributed by atoms with Crippen molar-refractivity contribution in [1.29, 1.82) is 0 Å². The Balaban J connectivity index is 1.32. The van der Waals surface area contributed by atoms with Gasteiger partial charge < -0.3 is 19.7 Å². The predicted molar refractivity (Wildman–Crippen MR) is 137 cm³/mol. The first-order valence-corrected chi connectivity index (χ1v) is 12.4. The molecule has 9 nitrogen and oxygen atoms in total. The Morgan fingerprint density at radius 3 is 2.14 bits per heavy atom. The standard InChI is InChI=1S/C28H33N3O6/c1-28(2,3)31-26(34)20-8-6-18(14-21(20)27(31)35)24(32)29-16-17-10-12-30(13-11-17)25(33)19-7-9-22(36-4)23(15-19)37-5/h6-9,14-15,17H,10-13,16H2,1-5H3,(H,29,32). The molecule has 9 heteroatoms. The number of nitrogens with one attached hydrogen (secondary N) is 1. The minimum absolute atomic E-state index is 0.0647. The van der Waals surface area contributed by atoms with Gasteiger partial charge in [-0.05, 0) is 75.9 Å². The van der Waals surface area contributed by atoms with Crippen LogP contribution in [0.5, 0.6) is 11.5 Å². The zero-order valence-electron chi connectivity index (χ0n) is 21.9. The molecule has 4 rings (SSSR count). The fourth-order valence-corrected chi connectivity index (χ4v) is 4.82. The number of nitrogens with zero attached hydrogens (tertiary/aromatic N) is 2. The molecule has 2 aliphatic rings. The topological polar surface area (TPSA) is 105 Å². The molecule has 2 aromatic carbocycles. The number of amides is 4. The second-order valence-electron chi connectivity index (χ2n) is 10.4. The molecule has 0 bridgehead atoms. The zero-order chi connectivity index (χ0) is 26.9. The maximum Gasteiger partial charge on any atom is 0.262 e. The normalized spacial score (nSPS) is 16.0. The number of methoxy groups -OCH3 is 2. The van der Waals surface area contributed by atoms with Gasteiger partial charge in [-0.2, -0.15) is 0 Å². The maximum absolute atomic E-state index is 13.0. The van der Waals surface area contributed by atoms with Crippen LogP contribution in [0.4, 0.5) is 0 Å². The summed E-state index contributed by atoms with van der Waals surface area (Å²) in [6.45, 7) is 7.05. The van der Waals surface area contributed by atoms with Crippen molar-refractivity contribution >= 4 is 23.6 Å². The first-order valence-electron chi connectivity index (χ1n) is 12.4. The number of carbonyl (C=O) groups is 4. The van der Waals surface area contributed by atoms with E-state index in [9.17, 15) is 19.2 Å². The van der Waals surface area contributed by atoms with Crippen LogP contribution in [0, 0.1) is 5.92 Å². The van der Waals surface area contributed by atoms with Crippen LogP contribution in [-0.2, 0) is 0 Å². The zero-order valence-corrected chi connectivity index (χ0v) is 21.9. The van der Waals surface area contributed by atoms with Gasteiger partial charge in [0.1, 0.15) is 0 Å². The van der Waals surface area contributed by atoms with Crippen molar-refractivity contribution in [1.82, 2.24) is 15.1 Å². The minimum Gasteiger partial charge on any atom is -0.493 e. The summed E-state index contributed by atoms with van der Waals surface area (Å²) < 4.78 is 10.5. The molecule has 2 aromatic rings. The Bertz CT molecular complexity index is 1240. The Morgan fingerprint density at radius 1 is 0.892 bits per heavy atom. The number of carbonyl (C=O) groups excluding carboxylic acids is 4. The Hall–Kier alpha value is -3.88. The number of ether oxygens (including phenoxy) is 2. The highest BCUT2D eigenvalue weighted by Crippen LogP contribution is 2.31. The van der Waals surface area contributed by atoms with Crippen LogP contribution in [0.25, 0.3) is 0 Å². The first kappa shape index (κ1) is 26.2. The van der Waals surface area contributed by atoms with E-state index in [0.29, 0.717) is 47.8 Å². The summed E-state index contributed by atoms with van der Waals surface area (Å²) in [6, 6.07) is 9.76. The molecule has 0 atom stereocenters. The Morgan fingerprint density at radius 2 is 1.51 bits per heavy atom. The second-order valence-corrected chi connectivity index (χ2v) is 10.4. The molecule has 0 unspecified atom stereocenters. The van der Waals surface area contributed by atoms with Crippen molar-refractivity contribution in [3.05, 3.63) is 58.7 Å². The van der Waals surface area contributed by atoms with Crippen molar-refractivity contribution in [2.45, 2.75) is 39.2 Å². The van der Waals surface area contributed by atoms with Gasteiger partial charge in [-0.15, -0.1) is 0 Å². The smallest absolute Gasteiger partial charge is 0.262 e. The molecule has 1 fully saturated rings. The molecule has 196 valence electrons. The molecule has 0 aliphatic carbocycles. The predicted octanol–water partition coefficient (Wildman–Crippen LogP) is 3.38. The summed E-state index contributed by atoms with van der Waals surface area (Å²) in [5.41, 5.74) is 0.819. The molecular formula is C28H33N3O6. The van der Waals surface area contributed by atoms with Crippen molar-refractivity contribution in [2.24, 2.45) is 5.92 Å². The molecule has 0 saturated carbocycles. The lowest BCUT2D eigenvalue weighted by atomic mass is 9.96. The van der Waals surface area contributed by atoms with Gasteiger partial charge >= 0.3 is 0 Å². The van der Waals surface area contributed by atoms with Gasteiger partial charge in [0.15, 0.2) is 11.5 Å². The van der Waals surface area contributed by atoms with Gasteiger partial charge in [0.2, 0.25) is 0 Å². The van der Waals surface area contributed by atoms with Crippen LogP contribution in [0.15, 0.2) is 36.4 Å². The third-order valence-electron chi connectivity index (χ3n) is 6.90. The summed E-state index contributed by atoms with van der Waals surface area (Å²) in [5.74, 6) is 0.232. The van der Waals surface area contributed by atoms with Gasteiger partial charge in [0.25, 0.3) is 23.6 Å².